The third-order valence-corrected chi connectivity index (χ3v) is 4.62. The fourth-order valence-electron chi connectivity index (χ4n) is 3.20. The van der Waals surface area contributed by atoms with Crippen molar-refractivity contribution in [3.05, 3.63) is 70.8 Å². The largest absolute Gasteiger partial charge is 0.460 e. The van der Waals surface area contributed by atoms with E-state index in [0.717, 1.165) is 23.1 Å². The molecule has 0 aliphatic heterocycles. The lowest BCUT2D eigenvalue weighted by Gasteiger charge is -2.19. The minimum absolute atomic E-state index is 0.0844. The molecule has 0 aromatic heterocycles. The zero-order chi connectivity index (χ0) is 19.6. The van der Waals surface area contributed by atoms with Gasteiger partial charge in [0.05, 0.1) is 11.5 Å². The standard InChI is InChI=1S/C23H26O4/c1-15-12-17(21(24)26-14-16-8-6-5-7-9-16)10-11-18(15)19-13-20(19)22(25)27-23(2,3)4/h5-12,19-20H,13-14H2,1-4H3/t19-,20+/m0/s1. The Morgan fingerprint density at radius 2 is 1.78 bits per heavy atom. The monoisotopic (exact) mass is 366 g/mol. The lowest BCUT2D eigenvalue weighted by Crippen LogP contribution is -2.25. The van der Waals surface area contributed by atoms with E-state index in [1.165, 1.54) is 0 Å². The van der Waals surface area contributed by atoms with Gasteiger partial charge >= 0.3 is 11.9 Å². The van der Waals surface area contributed by atoms with Crippen LogP contribution in [-0.2, 0) is 20.9 Å². The lowest BCUT2D eigenvalue weighted by molar-refractivity contribution is -0.156. The van der Waals surface area contributed by atoms with Crippen molar-refractivity contribution in [3.8, 4) is 0 Å². The molecule has 0 saturated heterocycles. The van der Waals surface area contributed by atoms with E-state index in [2.05, 4.69) is 0 Å². The van der Waals surface area contributed by atoms with E-state index in [0.29, 0.717) is 5.56 Å². The molecule has 3 rings (SSSR count). The van der Waals surface area contributed by atoms with Gasteiger partial charge in [-0.15, -0.1) is 0 Å². The molecule has 0 radical (unpaired) electrons. The van der Waals surface area contributed by atoms with Crippen LogP contribution in [0.15, 0.2) is 48.5 Å². The Kier molecular flexibility index (Phi) is 5.36. The fourth-order valence-corrected chi connectivity index (χ4v) is 3.20. The summed E-state index contributed by atoms with van der Waals surface area (Å²) in [4.78, 5) is 24.5. The maximum atomic E-state index is 12.3. The molecule has 1 fully saturated rings. The summed E-state index contributed by atoms with van der Waals surface area (Å²) in [6, 6.07) is 15.2. The summed E-state index contributed by atoms with van der Waals surface area (Å²) in [6.07, 6.45) is 0.799. The molecule has 1 aliphatic carbocycles. The molecule has 1 aliphatic rings. The maximum absolute atomic E-state index is 12.3. The van der Waals surface area contributed by atoms with Gasteiger partial charge in [-0.1, -0.05) is 36.4 Å². The van der Waals surface area contributed by atoms with Crippen molar-refractivity contribution < 1.29 is 19.1 Å². The van der Waals surface area contributed by atoms with E-state index in [1.54, 1.807) is 6.07 Å². The second kappa shape index (κ2) is 7.55. The first-order valence-corrected chi connectivity index (χ1v) is 9.29. The molecule has 4 heteroatoms. The predicted molar refractivity (Wildman–Crippen MR) is 103 cm³/mol. The Hall–Kier alpha value is -2.62. The minimum Gasteiger partial charge on any atom is -0.460 e. The second-order valence-corrected chi connectivity index (χ2v) is 8.12. The molecule has 4 nitrogen and oxygen atoms in total. The van der Waals surface area contributed by atoms with E-state index in [-0.39, 0.29) is 30.4 Å². The first-order valence-electron chi connectivity index (χ1n) is 9.29. The van der Waals surface area contributed by atoms with Gasteiger partial charge in [0, 0.05) is 0 Å². The third kappa shape index (κ3) is 4.97. The fraction of sp³-hybridized carbons (Fsp3) is 0.391. The van der Waals surface area contributed by atoms with E-state index < -0.39 is 5.60 Å². The van der Waals surface area contributed by atoms with Gasteiger partial charge in [-0.3, -0.25) is 4.79 Å². The maximum Gasteiger partial charge on any atom is 0.338 e. The summed E-state index contributed by atoms with van der Waals surface area (Å²) in [5, 5.41) is 0. The highest BCUT2D eigenvalue weighted by atomic mass is 16.6. The summed E-state index contributed by atoms with van der Waals surface area (Å²) >= 11 is 0. The molecule has 0 spiro atoms. The molecule has 2 aromatic carbocycles. The van der Waals surface area contributed by atoms with Crippen molar-refractivity contribution in [1.29, 1.82) is 0 Å². The van der Waals surface area contributed by atoms with Crippen LogP contribution >= 0.6 is 0 Å². The van der Waals surface area contributed by atoms with Crippen molar-refractivity contribution in [2.45, 2.75) is 52.2 Å². The van der Waals surface area contributed by atoms with Crippen molar-refractivity contribution in [3.63, 3.8) is 0 Å². The number of benzene rings is 2. The van der Waals surface area contributed by atoms with Gasteiger partial charge in [-0.25, -0.2) is 4.79 Å². The quantitative estimate of drug-likeness (QED) is 0.714. The molecule has 27 heavy (non-hydrogen) atoms. The number of aryl methyl sites for hydroxylation is 1. The Balaban J connectivity index is 1.61. The zero-order valence-corrected chi connectivity index (χ0v) is 16.3. The van der Waals surface area contributed by atoms with Crippen LogP contribution in [0.25, 0.3) is 0 Å². The Morgan fingerprint density at radius 1 is 1.07 bits per heavy atom. The van der Waals surface area contributed by atoms with Crippen molar-refractivity contribution >= 4 is 11.9 Å². The number of hydrogen-bond acceptors (Lipinski definition) is 4. The van der Waals surface area contributed by atoms with Gasteiger partial charge < -0.3 is 9.47 Å². The molecule has 0 unspecified atom stereocenters. The zero-order valence-electron chi connectivity index (χ0n) is 16.3. The molecular formula is C23H26O4. The topological polar surface area (TPSA) is 52.6 Å². The van der Waals surface area contributed by atoms with Crippen LogP contribution in [0, 0.1) is 12.8 Å². The first kappa shape index (κ1) is 19.2. The molecule has 0 bridgehead atoms. The molecule has 0 amide bonds. The number of carbonyl (C=O) groups excluding carboxylic acids is 2. The van der Waals surface area contributed by atoms with Crippen LogP contribution < -0.4 is 0 Å². The van der Waals surface area contributed by atoms with Gasteiger partial charge in [0.2, 0.25) is 0 Å². The average Bonchev–Trinajstić information content (AvgIpc) is 3.39. The van der Waals surface area contributed by atoms with Crippen molar-refractivity contribution in [2.24, 2.45) is 5.92 Å². The summed E-state index contributed by atoms with van der Waals surface area (Å²) in [6.45, 7) is 7.85. The van der Waals surface area contributed by atoms with E-state index in [4.69, 9.17) is 9.47 Å². The average molecular weight is 366 g/mol. The van der Waals surface area contributed by atoms with Crippen molar-refractivity contribution in [2.75, 3.05) is 0 Å². The summed E-state index contributed by atoms with van der Waals surface area (Å²) in [5.41, 5.74) is 3.12. The van der Waals surface area contributed by atoms with Gasteiger partial charge in [-0.2, -0.15) is 0 Å². The number of esters is 2. The van der Waals surface area contributed by atoms with Crippen LogP contribution in [0.2, 0.25) is 0 Å². The van der Waals surface area contributed by atoms with E-state index in [1.807, 2.05) is 70.2 Å². The summed E-state index contributed by atoms with van der Waals surface area (Å²) < 4.78 is 10.9. The highest BCUT2D eigenvalue weighted by Crippen LogP contribution is 2.49. The second-order valence-electron chi connectivity index (χ2n) is 8.12. The predicted octanol–water partition coefficient (Wildman–Crippen LogP) is 4.80. The molecular weight excluding hydrogens is 340 g/mol. The number of carbonyl (C=O) groups is 2. The van der Waals surface area contributed by atoms with Crippen LogP contribution in [-0.4, -0.2) is 17.5 Å². The molecule has 1 saturated carbocycles. The van der Waals surface area contributed by atoms with Crippen LogP contribution in [0.4, 0.5) is 0 Å². The normalized spacial score (nSPS) is 18.7. The van der Waals surface area contributed by atoms with E-state index >= 15 is 0 Å². The molecule has 2 aromatic rings. The lowest BCUT2D eigenvalue weighted by atomic mass is 10.0. The van der Waals surface area contributed by atoms with Crippen LogP contribution in [0.5, 0.6) is 0 Å². The van der Waals surface area contributed by atoms with Crippen molar-refractivity contribution in [1.82, 2.24) is 0 Å². The Morgan fingerprint density at radius 3 is 2.41 bits per heavy atom. The first-order chi connectivity index (χ1) is 12.7. The molecule has 0 heterocycles. The number of rotatable bonds is 5. The Labute approximate surface area is 160 Å². The van der Waals surface area contributed by atoms with Gasteiger partial charge in [0.15, 0.2) is 0 Å². The number of hydrogen-bond donors (Lipinski definition) is 0. The Bertz CT molecular complexity index is 833. The summed E-state index contributed by atoms with van der Waals surface area (Å²) in [7, 11) is 0. The van der Waals surface area contributed by atoms with Crippen LogP contribution in [0.3, 0.4) is 0 Å². The molecule has 142 valence electrons. The highest BCUT2D eigenvalue weighted by Gasteiger charge is 2.46. The molecule has 2 atom stereocenters. The third-order valence-electron chi connectivity index (χ3n) is 4.62. The minimum atomic E-state index is -0.467. The van der Waals surface area contributed by atoms with Gasteiger partial charge in [-0.05, 0) is 68.9 Å². The SMILES string of the molecule is Cc1cc(C(=O)OCc2ccccc2)ccc1[C@@H]1C[C@H]1C(=O)OC(C)(C)C. The van der Waals surface area contributed by atoms with Crippen LogP contribution in [0.1, 0.15) is 60.2 Å². The number of ether oxygens (including phenoxy) is 2. The molecule has 0 N–H and O–H groups in total. The van der Waals surface area contributed by atoms with Gasteiger partial charge in [0.25, 0.3) is 0 Å². The smallest absolute Gasteiger partial charge is 0.338 e. The summed E-state index contributed by atoms with van der Waals surface area (Å²) in [5.74, 6) is -0.390. The highest BCUT2D eigenvalue weighted by molar-refractivity contribution is 5.89. The van der Waals surface area contributed by atoms with Gasteiger partial charge in [0.1, 0.15) is 12.2 Å². The van der Waals surface area contributed by atoms with E-state index in [9.17, 15) is 9.59 Å².